The molecule has 0 atom stereocenters. The van der Waals surface area contributed by atoms with Crippen LogP contribution in [0.15, 0.2) is 84.9 Å². The molecule has 0 unspecified atom stereocenters. The second-order valence-corrected chi connectivity index (χ2v) is 6.41. The monoisotopic (exact) mass is 418 g/mol. The van der Waals surface area contributed by atoms with Gasteiger partial charge >= 0.3 is 5.97 Å². The molecular formula is C24H19FN2O4. The Balaban J connectivity index is 1.55. The van der Waals surface area contributed by atoms with E-state index in [1.807, 2.05) is 6.07 Å². The molecule has 0 radical (unpaired) electrons. The molecule has 2 amide bonds. The number of hydrogen-bond acceptors (Lipinski definition) is 4. The van der Waals surface area contributed by atoms with Crippen molar-refractivity contribution in [2.45, 2.75) is 0 Å². The van der Waals surface area contributed by atoms with Gasteiger partial charge in [-0.05, 0) is 48.0 Å². The van der Waals surface area contributed by atoms with Crippen LogP contribution in [-0.2, 0) is 14.3 Å². The van der Waals surface area contributed by atoms with E-state index < -0.39 is 18.5 Å². The Labute approximate surface area is 178 Å². The fraction of sp³-hybridized carbons (Fsp3) is 0.0417. The summed E-state index contributed by atoms with van der Waals surface area (Å²) in [4.78, 5) is 36.5. The number of nitrogens with one attached hydrogen (secondary N) is 2. The minimum Gasteiger partial charge on any atom is -0.452 e. The van der Waals surface area contributed by atoms with Crippen LogP contribution in [-0.4, -0.2) is 24.4 Å². The molecule has 3 aromatic rings. The van der Waals surface area contributed by atoms with Crippen LogP contribution >= 0.6 is 0 Å². The van der Waals surface area contributed by atoms with Crippen molar-refractivity contribution in [3.63, 3.8) is 0 Å². The second-order valence-electron chi connectivity index (χ2n) is 6.41. The minimum absolute atomic E-state index is 0.266. The van der Waals surface area contributed by atoms with Gasteiger partial charge in [-0.3, -0.25) is 9.59 Å². The predicted molar refractivity (Wildman–Crippen MR) is 116 cm³/mol. The lowest BCUT2D eigenvalue weighted by Crippen LogP contribution is -2.22. The molecule has 31 heavy (non-hydrogen) atoms. The summed E-state index contributed by atoms with van der Waals surface area (Å²) >= 11 is 0. The number of esters is 1. The quantitative estimate of drug-likeness (QED) is 0.443. The Morgan fingerprint density at radius 1 is 0.839 bits per heavy atom. The Hall–Kier alpha value is -4.26. The maximum Gasteiger partial charge on any atom is 0.331 e. The third-order valence-corrected chi connectivity index (χ3v) is 4.10. The van der Waals surface area contributed by atoms with Crippen LogP contribution in [0.3, 0.4) is 0 Å². The van der Waals surface area contributed by atoms with Gasteiger partial charge in [0.15, 0.2) is 6.61 Å². The molecule has 0 saturated heterocycles. The van der Waals surface area contributed by atoms with Crippen molar-refractivity contribution in [3.8, 4) is 0 Å². The molecule has 156 valence electrons. The van der Waals surface area contributed by atoms with Crippen molar-refractivity contribution < 1.29 is 23.5 Å². The molecule has 3 rings (SSSR count). The fourth-order valence-corrected chi connectivity index (χ4v) is 2.62. The maximum atomic E-state index is 12.9. The van der Waals surface area contributed by atoms with Gasteiger partial charge in [-0.15, -0.1) is 0 Å². The first-order valence-electron chi connectivity index (χ1n) is 9.37. The maximum absolute atomic E-state index is 12.9. The summed E-state index contributed by atoms with van der Waals surface area (Å²) in [6.07, 6.45) is 2.59. The molecule has 3 aromatic carbocycles. The Kier molecular flexibility index (Phi) is 7.26. The number of benzene rings is 3. The van der Waals surface area contributed by atoms with Crippen molar-refractivity contribution in [3.05, 3.63) is 102 Å². The molecule has 0 aliphatic carbocycles. The largest absolute Gasteiger partial charge is 0.452 e. The van der Waals surface area contributed by atoms with Crippen molar-refractivity contribution in [2.24, 2.45) is 0 Å². The summed E-state index contributed by atoms with van der Waals surface area (Å²) in [6, 6.07) is 21.0. The number of ether oxygens (including phenoxy) is 1. The highest BCUT2D eigenvalue weighted by molar-refractivity contribution is 6.10. The van der Waals surface area contributed by atoms with Crippen molar-refractivity contribution >= 4 is 35.2 Å². The standard InChI is InChI=1S/C24H19FN2O4/c25-18-13-10-17(11-14-18)12-15-23(29)31-16-22(28)27-21-9-5-4-8-20(21)24(30)26-19-6-2-1-3-7-19/h1-15H,16H2,(H,26,30)(H,27,28)/b15-12+. The SMILES string of the molecule is O=C(COC(=O)/C=C/c1ccc(F)cc1)Nc1ccccc1C(=O)Nc1ccccc1. The number of anilines is 2. The minimum atomic E-state index is -0.727. The van der Waals surface area contributed by atoms with Gasteiger partial charge < -0.3 is 15.4 Å². The fourth-order valence-electron chi connectivity index (χ4n) is 2.62. The average Bonchev–Trinajstić information content (AvgIpc) is 2.78. The van der Waals surface area contributed by atoms with Crippen LogP contribution < -0.4 is 10.6 Å². The summed E-state index contributed by atoms with van der Waals surface area (Å²) < 4.78 is 17.8. The summed E-state index contributed by atoms with van der Waals surface area (Å²) in [5.74, 6) is -2.09. The number of hydrogen-bond donors (Lipinski definition) is 2. The lowest BCUT2D eigenvalue weighted by molar-refractivity contribution is -0.142. The zero-order chi connectivity index (χ0) is 22.1. The van der Waals surface area contributed by atoms with E-state index in [2.05, 4.69) is 10.6 Å². The van der Waals surface area contributed by atoms with Crippen LogP contribution in [0.1, 0.15) is 15.9 Å². The molecule has 0 aliphatic rings. The van der Waals surface area contributed by atoms with Gasteiger partial charge in [0.05, 0.1) is 11.3 Å². The Bertz CT molecular complexity index is 1100. The third kappa shape index (κ3) is 6.64. The van der Waals surface area contributed by atoms with E-state index in [1.165, 1.54) is 30.3 Å². The van der Waals surface area contributed by atoms with E-state index >= 15 is 0 Å². The van der Waals surface area contributed by atoms with Crippen molar-refractivity contribution in [1.29, 1.82) is 0 Å². The van der Waals surface area contributed by atoms with Crippen molar-refractivity contribution in [1.82, 2.24) is 0 Å². The van der Waals surface area contributed by atoms with E-state index in [-0.39, 0.29) is 17.3 Å². The van der Waals surface area contributed by atoms with Crippen LogP contribution in [0.4, 0.5) is 15.8 Å². The van der Waals surface area contributed by atoms with E-state index in [0.29, 0.717) is 16.9 Å². The Morgan fingerprint density at radius 2 is 1.52 bits per heavy atom. The number of para-hydroxylation sites is 2. The number of amides is 2. The van der Waals surface area contributed by atoms with Gasteiger partial charge in [0.25, 0.3) is 11.8 Å². The first-order chi connectivity index (χ1) is 15.0. The molecule has 0 spiro atoms. The molecule has 0 bridgehead atoms. The summed E-state index contributed by atoms with van der Waals surface area (Å²) in [7, 11) is 0. The number of carbonyl (C=O) groups excluding carboxylic acids is 3. The average molecular weight is 418 g/mol. The van der Waals surface area contributed by atoms with Gasteiger partial charge in [0.2, 0.25) is 0 Å². The number of carbonyl (C=O) groups is 3. The number of halogens is 1. The van der Waals surface area contributed by atoms with Gasteiger partial charge in [0, 0.05) is 11.8 Å². The van der Waals surface area contributed by atoms with E-state index in [0.717, 1.165) is 6.08 Å². The lowest BCUT2D eigenvalue weighted by Gasteiger charge is -2.11. The zero-order valence-electron chi connectivity index (χ0n) is 16.4. The highest BCUT2D eigenvalue weighted by Crippen LogP contribution is 2.17. The predicted octanol–water partition coefficient (Wildman–Crippen LogP) is 4.27. The van der Waals surface area contributed by atoms with Crippen LogP contribution in [0, 0.1) is 5.82 Å². The molecule has 0 fully saturated rings. The smallest absolute Gasteiger partial charge is 0.331 e. The highest BCUT2D eigenvalue weighted by atomic mass is 19.1. The zero-order valence-corrected chi connectivity index (χ0v) is 16.4. The normalized spacial score (nSPS) is 10.5. The van der Waals surface area contributed by atoms with E-state index in [4.69, 9.17) is 4.74 Å². The van der Waals surface area contributed by atoms with E-state index in [1.54, 1.807) is 48.5 Å². The van der Waals surface area contributed by atoms with Crippen LogP contribution in [0.5, 0.6) is 0 Å². The molecule has 0 aromatic heterocycles. The first kappa shape index (κ1) is 21.4. The third-order valence-electron chi connectivity index (χ3n) is 4.10. The Morgan fingerprint density at radius 3 is 2.26 bits per heavy atom. The molecule has 2 N–H and O–H groups in total. The second kappa shape index (κ2) is 10.5. The first-order valence-corrected chi connectivity index (χ1v) is 9.37. The van der Waals surface area contributed by atoms with Gasteiger partial charge in [0.1, 0.15) is 5.82 Å². The molecule has 0 heterocycles. The van der Waals surface area contributed by atoms with E-state index in [9.17, 15) is 18.8 Å². The van der Waals surface area contributed by atoms with Gasteiger partial charge in [-0.25, -0.2) is 9.18 Å². The van der Waals surface area contributed by atoms with Gasteiger partial charge in [-0.2, -0.15) is 0 Å². The van der Waals surface area contributed by atoms with Crippen LogP contribution in [0.2, 0.25) is 0 Å². The molecule has 6 nitrogen and oxygen atoms in total. The van der Waals surface area contributed by atoms with Crippen LogP contribution in [0.25, 0.3) is 6.08 Å². The van der Waals surface area contributed by atoms with Crippen molar-refractivity contribution in [2.75, 3.05) is 17.2 Å². The molecule has 7 heteroatoms. The lowest BCUT2D eigenvalue weighted by atomic mass is 10.1. The summed E-state index contributed by atoms with van der Waals surface area (Å²) in [6.45, 7) is -0.527. The topological polar surface area (TPSA) is 84.5 Å². The highest BCUT2D eigenvalue weighted by Gasteiger charge is 2.14. The molecule has 0 saturated carbocycles. The summed E-state index contributed by atoms with van der Waals surface area (Å²) in [5, 5.41) is 5.32. The molecule has 0 aliphatic heterocycles. The molecular weight excluding hydrogens is 399 g/mol. The summed E-state index contributed by atoms with van der Waals surface area (Å²) in [5.41, 5.74) is 1.79. The number of rotatable bonds is 7. The van der Waals surface area contributed by atoms with Gasteiger partial charge in [-0.1, -0.05) is 42.5 Å².